The zero-order valence-corrected chi connectivity index (χ0v) is 14.8. The van der Waals surface area contributed by atoms with Crippen molar-refractivity contribution in [2.75, 3.05) is 20.8 Å². The van der Waals surface area contributed by atoms with Gasteiger partial charge in [0.25, 0.3) is 0 Å². The summed E-state index contributed by atoms with van der Waals surface area (Å²) in [7, 11) is 2.45. The van der Waals surface area contributed by atoms with Gasteiger partial charge in [0.1, 0.15) is 18.8 Å². The molecular weight excluding hydrogens is 338 g/mol. The minimum Gasteiger partial charge on any atom is -0.462 e. The number of aliphatic hydroxyl groups is 1. The molecule has 0 aliphatic rings. The number of esters is 3. The van der Waals surface area contributed by atoms with Gasteiger partial charge in [0.2, 0.25) is 0 Å². The molecule has 0 saturated heterocycles. The van der Waals surface area contributed by atoms with Gasteiger partial charge in [0.15, 0.2) is 18.3 Å². The molecule has 0 bridgehead atoms. The molecule has 0 aliphatic carbocycles. The second-order valence-electron chi connectivity index (χ2n) is 5.00. The SMILES string of the molecule is CO[C@@H]([C@H](OC(C)=O)[C@@H](COC(C)=O)OC(C)=O)[C@@H](OC)C(O)C#N. The maximum absolute atomic E-state index is 11.5. The Hall–Kier alpha value is -2.22. The van der Waals surface area contributed by atoms with Crippen LogP contribution in [0.1, 0.15) is 20.8 Å². The number of methoxy groups -OCH3 is 2. The Labute approximate surface area is 145 Å². The topological polar surface area (TPSA) is 141 Å². The molecule has 142 valence electrons. The number of aliphatic hydroxyl groups excluding tert-OH is 1. The lowest BCUT2D eigenvalue weighted by atomic mass is 9.99. The number of carbonyl (C=O) groups excluding carboxylic acids is 3. The number of nitrogens with zero attached hydrogens (tertiary/aromatic N) is 1. The van der Waals surface area contributed by atoms with Crippen LogP contribution < -0.4 is 0 Å². The number of hydrogen-bond acceptors (Lipinski definition) is 10. The standard InChI is InChI=1S/C15H23NO9/c1-8(17)23-7-12(24-9(2)18)14(25-10(3)19)15(22-5)13(21-4)11(20)6-16/h11-15,20H,7H2,1-5H3/t11?,12-,13+,14-,15-/m1/s1. The van der Waals surface area contributed by atoms with E-state index < -0.39 is 55.0 Å². The third-order valence-corrected chi connectivity index (χ3v) is 3.07. The van der Waals surface area contributed by atoms with Crippen LogP contribution in [-0.2, 0) is 38.1 Å². The van der Waals surface area contributed by atoms with Crippen LogP contribution >= 0.6 is 0 Å². The van der Waals surface area contributed by atoms with E-state index in [-0.39, 0.29) is 0 Å². The highest BCUT2D eigenvalue weighted by atomic mass is 16.6. The Bertz CT molecular complexity index is 502. The average Bonchev–Trinajstić information content (AvgIpc) is 2.53. The zero-order valence-electron chi connectivity index (χ0n) is 14.8. The van der Waals surface area contributed by atoms with Crippen molar-refractivity contribution in [1.29, 1.82) is 5.26 Å². The highest BCUT2D eigenvalue weighted by Gasteiger charge is 2.43. The summed E-state index contributed by atoms with van der Waals surface area (Å²) in [6, 6.07) is 1.59. The summed E-state index contributed by atoms with van der Waals surface area (Å²) in [6.07, 6.45) is -6.57. The molecular formula is C15H23NO9. The van der Waals surface area contributed by atoms with Crippen LogP contribution in [-0.4, -0.2) is 74.4 Å². The quantitative estimate of drug-likeness (QED) is 0.302. The summed E-state index contributed by atoms with van der Waals surface area (Å²) in [5.74, 6) is -2.11. The normalized spacial score (nSPS) is 16.5. The van der Waals surface area contributed by atoms with Crippen molar-refractivity contribution in [2.45, 2.75) is 51.3 Å². The van der Waals surface area contributed by atoms with Crippen LogP contribution in [0.25, 0.3) is 0 Å². The number of hydrogen-bond donors (Lipinski definition) is 1. The lowest BCUT2D eigenvalue weighted by Crippen LogP contribution is -2.54. The van der Waals surface area contributed by atoms with Gasteiger partial charge in [-0.05, 0) is 0 Å². The largest absolute Gasteiger partial charge is 0.462 e. The Balaban J connectivity index is 5.75. The molecule has 10 nitrogen and oxygen atoms in total. The van der Waals surface area contributed by atoms with E-state index in [1.807, 2.05) is 0 Å². The van der Waals surface area contributed by atoms with E-state index in [1.54, 1.807) is 6.07 Å². The molecule has 0 aromatic carbocycles. The number of ether oxygens (including phenoxy) is 5. The molecule has 1 N–H and O–H groups in total. The molecule has 0 heterocycles. The first-order chi connectivity index (χ1) is 11.7. The van der Waals surface area contributed by atoms with Crippen LogP contribution in [0.15, 0.2) is 0 Å². The van der Waals surface area contributed by atoms with Gasteiger partial charge in [-0.1, -0.05) is 0 Å². The molecule has 0 fully saturated rings. The van der Waals surface area contributed by atoms with E-state index in [4.69, 9.17) is 28.9 Å². The molecule has 0 aromatic heterocycles. The summed E-state index contributed by atoms with van der Waals surface area (Å²) in [6.45, 7) is 2.95. The molecule has 1 unspecified atom stereocenters. The summed E-state index contributed by atoms with van der Waals surface area (Å²) in [5.41, 5.74) is 0. The fourth-order valence-corrected chi connectivity index (χ4v) is 2.13. The summed E-state index contributed by atoms with van der Waals surface area (Å²) in [4.78, 5) is 33.9. The molecule has 10 heteroatoms. The van der Waals surface area contributed by atoms with E-state index >= 15 is 0 Å². The number of rotatable bonds is 10. The maximum atomic E-state index is 11.5. The van der Waals surface area contributed by atoms with E-state index in [2.05, 4.69) is 0 Å². The Kier molecular flexibility index (Phi) is 10.3. The summed E-state index contributed by atoms with van der Waals surface area (Å²) < 4.78 is 25.3. The molecule has 0 amide bonds. The molecule has 25 heavy (non-hydrogen) atoms. The van der Waals surface area contributed by atoms with E-state index in [0.717, 1.165) is 20.8 Å². The Morgan fingerprint density at radius 1 is 0.920 bits per heavy atom. The first-order valence-corrected chi connectivity index (χ1v) is 7.28. The van der Waals surface area contributed by atoms with Crippen LogP contribution in [0.2, 0.25) is 0 Å². The van der Waals surface area contributed by atoms with Crippen molar-refractivity contribution in [1.82, 2.24) is 0 Å². The van der Waals surface area contributed by atoms with Gasteiger partial charge in [-0.15, -0.1) is 0 Å². The lowest BCUT2D eigenvalue weighted by molar-refractivity contribution is -0.198. The fourth-order valence-electron chi connectivity index (χ4n) is 2.13. The summed E-state index contributed by atoms with van der Waals surface area (Å²) >= 11 is 0. The highest BCUT2D eigenvalue weighted by molar-refractivity contribution is 5.68. The third-order valence-electron chi connectivity index (χ3n) is 3.07. The predicted octanol–water partition coefficient (Wildman–Crippen LogP) is -0.673. The van der Waals surface area contributed by atoms with Gasteiger partial charge in [-0.25, -0.2) is 0 Å². The molecule has 5 atom stereocenters. The van der Waals surface area contributed by atoms with Gasteiger partial charge in [0, 0.05) is 35.0 Å². The van der Waals surface area contributed by atoms with Crippen LogP contribution in [0.3, 0.4) is 0 Å². The van der Waals surface area contributed by atoms with E-state index in [0.29, 0.717) is 0 Å². The van der Waals surface area contributed by atoms with Gasteiger partial charge < -0.3 is 28.8 Å². The second kappa shape index (κ2) is 11.4. The van der Waals surface area contributed by atoms with Gasteiger partial charge in [-0.3, -0.25) is 14.4 Å². The van der Waals surface area contributed by atoms with Crippen LogP contribution in [0.5, 0.6) is 0 Å². The molecule has 0 aromatic rings. The fraction of sp³-hybridized carbons (Fsp3) is 0.733. The molecule has 0 aliphatic heterocycles. The lowest BCUT2D eigenvalue weighted by Gasteiger charge is -2.35. The Morgan fingerprint density at radius 2 is 1.44 bits per heavy atom. The summed E-state index contributed by atoms with van der Waals surface area (Å²) in [5, 5.41) is 18.7. The van der Waals surface area contributed by atoms with Gasteiger partial charge in [0.05, 0.1) is 6.07 Å². The van der Waals surface area contributed by atoms with E-state index in [1.165, 1.54) is 14.2 Å². The van der Waals surface area contributed by atoms with Crippen molar-refractivity contribution < 1.29 is 43.2 Å². The molecule has 0 rings (SSSR count). The number of nitriles is 1. The van der Waals surface area contributed by atoms with Crippen molar-refractivity contribution in [3.63, 3.8) is 0 Å². The maximum Gasteiger partial charge on any atom is 0.303 e. The van der Waals surface area contributed by atoms with E-state index in [9.17, 15) is 19.5 Å². The van der Waals surface area contributed by atoms with Crippen molar-refractivity contribution >= 4 is 17.9 Å². The van der Waals surface area contributed by atoms with Gasteiger partial charge in [-0.2, -0.15) is 5.26 Å². The minimum absolute atomic E-state index is 0.425. The van der Waals surface area contributed by atoms with Crippen molar-refractivity contribution in [3.8, 4) is 6.07 Å². The molecule has 0 spiro atoms. The molecule has 0 saturated carbocycles. The van der Waals surface area contributed by atoms with Crippen LogP contribution in [0, 0.1) is 11.3 Å². The smallest absolute Gasteiger partial charge is 0.303 e. The highest BCUT2D eigenvalue weighted by Crippen LogP contribution is 2.20. The third kappa shape index (κ3) is 7.93. The Morgan fingerprint density at radius 3 is 1.80 bits per heavy atom. The first kappa shape index (κ1) is 22.8. The second-order valence-corrected chi connectivity index (χ2v) is 5.00. The average molecular weight is 361 g/mol. The predicted molar refractivity (Wildman–Crippen MR) is 81.0 cm³/mol. The van der Waals surface area contributed by atoms with Gasteiger partial charge >= 0.3 is 17.9 Å². The molecule has 0 radical (unpaired) electrons. The monoisotopic (exact) mass is 361 g/mol. The number of carbonyl (C=O) groups is 3. The van der Waals surface area contributed by atoms with Crippen molar-refractivity contribution in [3.05, 3.63) is 0 Å². The first-order valence-electron chi connectivity index (χ1n) is 7.28. The zero-order chi connectivity index (χ0) is 19.6. The van der Waals surface area contributed by atoms with Crippen molar-refractivity contribution in [2.24, 2.45) is 0 Å². The van der Waals surface area contributed by atoms with Crippen LogP contribution in [0.4, 0.5) is 0 Å². The minimum atomic E-state index is -1.61.